The van der Waals surface area contributed by atoms with Gasteiger partial charge in [0.2, 0.25) is 0 Å². The number of rotatable bonds is 4. The van der Waals surface area contributed by atoms with E-state index in [2.05, 4.69) is 0 Å². The lowest BCUT2D eigenvalue weighted by Crippen LogP contribution is -2.35. The van der Waals surface area contributed by atoms with E-state index in [9.17, 15) is 9.59 Å². The molecule has 0 unspecified atom stereocenters. The molecular formula is C12H12O6. The van der Waals surface area contributed by atoms with Gasteiger partial charge in [-0.2, -0.15) is 0 Å². The van der Waals surface area contributed by atoms with E-state index in [1.165, 1.54) is 0 Å². The van der Waals surface area contributed by atoms with Crippen LogP contribution in [-0.4, -0.2) is 34.9 Å². The normalized spacial score (nSPS) is 17.5. The molecule has 0 radical (unpaired) electrons. The fraction of sp³-hybridized carbons (Fsp3) is 0.333. The lowest BCUT2D eigenvalue weighted by molar-refractivity contribution is -0.156. The van der Waals surface area contributed by atoms with E-state index in [1.54, 1.807) is 24.3 Å². The second kappa shape index (κ2) is 4.95. The number of benzene rings is 1. The summed E-state index contributed by atoms with van der Waals surface area (Å²) in [5, 5.41) is 17.6. The zero-order valence-electron chi connectivity index (χ0n) is 9.41. The van der Waals surface area contributed by atoms with Crippen LogP contribution < -0.4 is 9.47 Å². The van der Waals surface area contributed by atoms with Crippen LogP contribution in [0.5, 0.6) is 11.5 Å². The third kappa shape index (κ3) is 2.53. The van der Waals surface area contributed by atoms with Gasteiger partial charge in [0.05, 0.1) is 0 Å². The van der Waals surface area contributed by atoms with Gasteiger partial charge in [-0.05, 0) is 12.1 Å². The predicted molar refractivity (Wildman–Crippen MR) is 59.7 cm³/mol. The summed E-state index contributed by atoms with van der Waals surface area (Å²) in [5.41, 5.74) is 0. The number of aliphatic carboxylic acids is 2. The summed E-state index contributed by atoms with van der Waals surface area (Å²) in [7, 11) is 0. The standard InChI is InChI=1S/C12H12O6/c13-11(14)8(12(15)16)5-7-6-17-9-3-1-2-4-10(9)18-7/h1-4,7-8H,5-6H2,(H,13,14)(H,15,16)/t7-/m0/s1. The average molecular weight is 252 g/mol. The molecule has 0 bridgehead atoms. The first-order valence-electron chi connectivity index (χ1n) is 5.42. The van der Waals surface area contributed by atoms with Gasteiger partial charge in [-0.15, -0.1) is 0 Å². The van der Waals surface area contributed by atoms with Crippen molar-refractivity contribution in [2.24, 2.45) is 5.92 Å². The predicted octanol–water partition coefficient (Wildman–Crippen LogP) is 1.00. The highest BCUT2D eigenvalue weighted by atomic mass is 16.6. The van der Waals surface area contributed by atoms with Crippen LogP contribution in [0.15, 0.2) is 24.3 Å². The highest BCUT2D eigenvalue weighted by molar-refractivity contribution is 5.92. The molecule has 1 aromatic rings. The molecule has 6 nitrogen and oxygen atoms in total. The number of para-hydroxylation sites is 2. The van der Waals surface area contributed by atoms with Crippen LogP contribution in [0.1, 0.15) is 6.42 Å². The van der Waals surface area contributed by atoms with E-state index >= 15 is 0 Å². The van der Waals surface area contributed by atoms with Crippen LogP contribution in [0.4, 0.5) is 0 Å². The van der Waals surface area contributed by atoms with Gasteiger partial charge in [0, 0.05) is 6.42 Å². The summed E-state index contributed by atoms with van der Waals surface area (Å²) < 4.78 is 10.9. The molecule has 0 spiro atoms. The molecule has 1 aliphatic heterocycles. The highest BCUT2D eigenvalue weighted by Crippen LogP contribution is 2.32. The molecule has 1 heterocycles. The summed E-state index contributed by atoms with van der Waals surface area (Å²) >= 11 is 0. The Hall–Kier alpha value is -2.24. The topological polar surface area (TPSA) is 93.1 Å². The number of fused-ring (bicyclic) bond motifs is 1. The molecule has 0 fully saturated rings. The van der Waals surface area contributed by atoms with E-state index in [1.807, 2.05) is 0 Å². The van der Waals surface area contributed by atoms with Crippen molar-refractivity contribution in [1.82, 2.24) is 0 Å². The Balaban J connectivity index is 2.05. The van der Waals surface area contributed by atoms with Crippen molar-refractivity contribution in [2.45, 2.75) is 12.5 Å². The Bertz CT molecular complexity index is 455. The summed E-state index contributed by atoms with van der Waals surface area (Å²) in [6.45, 7) is 0.147. The fourth-order valence-corrected chi connectivity index (χ4v) is 1.75. The molecule has 0 saturated carbocycles. The third-order valence-electron chi connectivity index (χ3n) is 2.66. The molecule has 1 aliphatic rings. The summed E-state index contributed by atoms with van der Waals surface area (Å²) in [6, 6.07) is 6.98. The van der Waals surface area contributed by atoms with Crippen molar-refractivity contribution in [1.29, 1.82) is 0 Å². The third-order valence-corrected chi connectivity index (χ3v) is 2.66. The van der Waals surface area contributed by atoms with E-state index < -0.39 is 24.0 Å². The molecule has 0 amide bonds. The smallest absolute Gasteiger partial charge is 0.318 e. The zero-order valence-corrected chi connectivity index (χ0v) is 9.41. The molecule has 0 aromatic heterocycles. The maximum absolute atomic E-state index is 10.8. The van der Waals surface area contributed by atoms with Gasteiger partial charge in [-0.3, -0.25) is 9.59 Å². The van der Waals surface area contributed by atoms with Gasteiger partial charge < -0.3 is 19.7 Å². The van der Waals surface area contributed by atoms with Gasteiger partial charge in [-0.1, -0.05) is 12.1 Å². The van der Waals surface area contributed by atoms with Crippen LogP contribution in [0, 0.1) is 5.92 Å². The Morgan fingerprint density at radius 1 is 1.22 bits per heavy atom. The number of hydrogen-bond acceptors (Lipinski definition) is 4. The second-order valence-corrected chi connectivity index (χ2v) is 3.96. The van der Waals surface area contributed by atoms with Gasteiger partial charge in [0.15, 0.2) is 17.4 Å². The fourth-order valence-electron chi connectivity index (χ4n) is 1.75. The van der Waals surface area contributed by atoms with E-state index in [0.29, 0.717) is 11.5 Å². The minimum Gasteiger partial charge on any atom is -0.486 e. The van der Waals surface area contributed by atoms with Gasteiger partial charge in [0.25, 0.3) is 0 Å². The monoisotopic (exact) mass is 252 g/mol. The Labute approximate surface area is 103 Å². The minimum atomic E-state index is -1.48. The van der Waals surface area contributed by atoms with E-state index in [-0.39, 0.29) is 13.0 Å². The quantitative estimate of drug-likeness (QED) is 0.776. The van der Waals surface area contributed by atoms with E-state index in [4.69, 9.17) is 19.7 Å². The van der Waals surface area contributed by atoms with Crippen LogP contribution >= 0.6 is 0 Å². The molecule has 1 atom stereocenters. The van der Waals surface area contributed by atoms with Crippen molar-refractivity contribution >= 4 is 11.9 Å². The molecule has 0 aliphatic carbocycles. The number of hydrogen-bond donors (Lipinski definition) is 2. The summed E-state index contributed by atoms with van der Waals surface area (Å²) in [5.74, 6) is -3.14. The summed E-state index contributed by atoms with van der Waals surface area (Å²) in [6.07, 6.45) is -0.698. The van der Waals surface area contributed by atoms with E-state index in [0.717, 1.165) is 0 Å². The Morgan fingerprint density at radius 3 is 2.44 bits per heavy atom. The number of carboxylic acid groups (broad SMARTS) is 2. The molecule has 2 rings (SSSR count). The minimum absolute atomic E-state index is 0.126. The molecule has 18 heavy (non-hydrogen) atoms. The maximum Gasteiger partial charge on any atom is 0.318 e. The van der Waals surface area contributed by atoms with Gasteiger partial charge in [0.1, 0.15) is 12.7 Å². The first-order valence-corrected chi connectivity index (χ1v) is 5.42. The van der Waals surface area contributed by atoms with Crippen LogP contribution in [0.3, 0.4) is 0 Å². The lowest BCUT2D eigenvalue weighted by atomic mass is 10.0. The SMILES string of the molecule is O=C(O)C(C[C@H]1COc2ccccc2O1)C(=O)O. The zero-order chi connectivity index (χ0) is 13.1. The first kappa shape index (κ1) is 12.2. The number of carbonyl (C=O) groups is 2. The molecule has 96 valence electrons. The maximum atomic E-state index is 10.8. The van der Waals surface area contributed by atoms with Gasteiger partial charge in [-0.25, -0.2) is 0 Å². The van der Waals surface area contributed by atoms with Gasteiger partial charge >= 0.3 is 11.9 Å². The molecule has 0 saturated heterocycles. The lowest BCUT2D eigenvalue weighted by Gasteiger charge is -2.27. The average Bonchev–Trinajstić information content (AvgIpc) is 2.35. The Kier molecular flexibility index (Phi) is 3.36. The van der Waals surface area contributed by atoms with Crippen LogP contribution in [-0.2, 0) is 9.59 Å². The van der Waals surface area contributed by atoms with Crippen molar-refractivity contribution in [3.8, 4) is 11.5 Å². The van der Waals surface area contributed by atoms with Crippen molar-refractivity contribution < 1.29 is 29.3 Å². The van der Waals surface area contributed by atoms with Crippen molar-refractivity contribution in [2.75, 3.05) is 6.61 Å². The van der Waals surface area contributed by atoms with Crippen LogP contribution in [0.2, 0.25) is 0 Å². The van der Waals surface area contributed by atoms with Crippen molar-refractivity contribution in [3.05, 3.63) is 24.3 Å². The largest absolute Gasteiger partial charge is 0.486 e. The molecular weight excluding hydrogens is 240 g/mol. The highest BCUT2D eigenvalue weighted by Gasteiger charge is 2.32. The number of ether oxygens (including phenoxy) is 2. The Morgan fingerprint density at radius 2 is 1.83 bits per heavy atom. The second-order valence-electron chi connectivity index (χ2n) is 3.96. The molecule has 6 heteroatoms. The first-order chi connectivity index (χ1) is 8.58. The van der Waals surface area contributed by atoms with Crippen LogP contribution in [0.25, 0.3) is 0 Å². The molecule has 1 aromatic carbocycles. The number of carboxylic acids is 2. The molecule has 2 N–H and O–H groups in total. The van der Waals surface area contributed by atoms with Crippen molar-refractivity contribution in [3.63, 3.8) is 0 Å². The summed E-state index contributed by atoms with van der Waals surface area (Å²) in [4.78, 5) is 21.6.